The molecule has 5 nitrogen and oxygen atoms in total. The molecular formula is C10H14N4O. The van der Waals surface area contributed by atoms with Crippen LogP contribution in [0, 0.1) is 0 Å². The molecule has 0 aliphatic heterocycles. The van der Waals surface area contributed by atoms with E-state index < -0.39 is 0 Å². The van der Waals surface area contributed by atoms with Crippen molar-refractivity contribution in [1.29, 1.82) is 0 Å². The van der Waals surface area contributed by atoms with Gasteiger partial charge in [0, 0.05) is 18.7 Å². The molecule has 0 saturated heterocycles. The third-order valence-corrected chi connectivity index (χ3v) is 2.40. The maximum atomic E-state index is 12.0. The molecule has 1 aromatic heterocycles. The fourth-order valence-corrected chi connectivity index (χ4v) is 1.52. The molecule has 0 aromatic carbocycles. The largest absolute Gasteiger partial charge is 0.382 e. The van der Waals surface area contributed by atoms with Crippen LogP contribution >= 0.6 is 0 Å². The normalized spacial score (nSPS) is 14.9. The molecule has 1 heterocycles. The summed E-state index contributed by atoms with van der Waals surface area (Å²) in [6, 6.07) is 1.92. The number of H-pyrrole nitrogens is 1. The molecule has 3 N–H and O–H groups in total. The second-order valence-electron chi connectivity index (χ2n) is 3.68. The summed E-state index contributed by atoms with van der Waals surface area (Å²) in [6.45, 7) is 4.22. The number of nitrogens with zero attached hydrogens (tertiary/aromatic N) is 2. The molecule has 15 heavy (non-hydrogen) atoms. The summed E-state index contributed by atoms with van der Waals surface area (Å²) in [7, 11) is 0. The maximum absolute atomic E-state index is 12.0. The van der Waals surface area contributed by atoms with E-state index in [0.29, 0.717) is 24.1 Å². The van der Waals surface area contributed by atoms with Gasteiger partial charge in [-0.25, -0.2) is 0 Å². The lowest BCUT2D eigenvalue weighted by Gasteiger charge is -2.19. The van der Waals surface area contributed by atoms with E-state index in [-0.39, 0.29) is 5.91 Å². The smallest absolute Gasteiger partial charge is 0.272 e. The van der Waals surface area contributed by atoms with Gasteiger partial charge in [-0.3, -0.25) is 9.89 Å². The van der Waals surface area contributed by atoms with Gasteiger partial charge in [-0.05, 0) is 12.8 Å². The number of hydrogen-bond acceptors (Lipinski definition) is 3. The maximum Gasteiger partial charge on any atom is 0.272 e. The molecule has 1 aliphatic rings. The van der Waals surface area contributed by atoms with Crippen LogP contribution in [0.3, 0.4) is 0 Å². The Bertz CT molecular complexity index is 381. The van der Waals surface area contributed by atoms with Gasteiger partial charge in [0.05, 0.1) is 0 Å². The molecule has 1 saturated carbocycles. The lowest BCUT2D eigenvalue weighted by atomic mass is 10.3. The predicted octanol–water partition coefficient (Wildman–Crippen LogP) is 0.782. The van der Waals surface area contributed by atoms with Crippen molar-refractivity contribution in [2.24, 2.45) is 0 Å². The zero-order chi connectivity index (χ0) is 10.8. The van der Waals surface area contributed by atoms with E-state index in [2.05, 4.69) is 16.8 Å². The second-order valence-corrected chi connectivity index (χ2v) is 3.68. The number of carbonyl (C=O) groups is 1. The van der Waals surface area contributed by atoms with Gasteiger partial charge in [-0.15, -0.1) is 6.58 Å². The first-order valence-electron chi connectivity index (χ1n) is 4.95. The fourth-order valence-electron chi connectivity index (χ4n) is 1.52. The minimum Gasteiger partial charge on any atom is -0.382 e. The van der Waals surface area contributed by atoms with Gasteiger partial charge in [-0.1, -0.05) is 6.08 Å². The minimum absolute atomic E-state index is 0.0541. The molecule has 1 aliphatic carbocycles. The van der Waals surface area contributed by atoms with E-state index >= 15 is 0 Å². The molecule has 0 atom stereocenters. The van der Waals surface area contributed by atoms with Crippen molar-refractivity contribution < 1.29 is 4.79 Å². The van der Waals surface area contributed by atoms with Crippen LogP contribution in [0.4, 0.5) is 5.82 Å². The first-order valence-corrected chi connectivity index (χ1v) is 4.95. The van der Waals surface area contributed by atoms with Gasteiger partial charge >= 0.3 is 0 Å². The van der Waals surface area contributed by atoms with E-state index in [9.17, 15) is 4.79 Å². The zero-order valence-corrected chi connectivity index (χ0v) is 8.44. The third kappa shape index (κ3) is 2.01. The molecule has 0 unspecified atom stereocenters. The third-order valence-electron chi connectivity index (χ3n) is 2.40. The zero-order valence-electron chi connectivity index (χ0n) is 8.44. The van der Waals surface area contributed by atoms with Crippen LogP contribution < -0.4 is 5.73 Å². The molecular weight excluding hydrogens is 192 g/mol. The quantitative estimate of drug-likeness (QED) is 0.715. The standard InChI is InChI=1S/C10H14N4O/c1-2-5-14(7-3-4-7)10(15)8-6-9(11)13-12-8/h2,6-7H,1,3-5H2,(H3,11,12,13). The molecule has 1 amide bonds. The Kier molecular flexibility index (Phi) is 2.45. The Morgan fingerprint density at radius 3 is 3.00 bits per heavy atom. The van der Waals surface area contributed by atoms with Gasteiger partial charge in [0.2, 0.25) is 0 Å². The van der Waals surface area contributed by atoms with E-state index in [1.165, 1.54) is 0 Å². The van der Waals surface area contributed by atoms with Gasteiger partial charge in [0.1, 0.15) is 11.5 Å². The predicted molar refractivity (Wildman–Crippen MR) is 57.3 cm³/mol. The van der Waals surface area contributed by atoms with Crippen LogP contribution in [0.2, 0.25) is 0 Å². The highest BCUT2D eigenvalue weighted by Crippen LogP contribution is 2.27. The van der Waals surface area contributed by atoms with Crippen molar-refractivity contribution in [2.75, 3.05) is 12.3 Å². The number of amides is 1. The number of aromatic nitrogens is 2. The second kappa shape index (κ2) is 3.76. The number of anilines is 1. The van der Waals surface area contributed by atoms with Crippen molar-refractivity contribution in [3.8, 4) is 0 Å². The Morgan fingerprint density at radius 2 is 2.53 bits per heavy atom. The average Bonchev–Trinajstić information content (AvgIpc) is 2.96. The first-order chi connectivity index (χ1) is 7.22. The van der Waals surface area contributed by atoms with E-state index in [1.54, 1.807) is 17.0 Å². The van der Waals surface area contributed by atoms with Crippen molar-refractivity contribution in [2.45, 2.75) is 18.9 Å². The SMILES string of the molecule is C=CCN(C(=O)c1cc(N)n[nH]1)C1CC1. The van der Waals surface area contributed by atoms with Crippen molar-refractivity contribution in [3.05, 3.63) is 24.4 Å². The summed E-state index contributed by atoms with van der Waals surface area (Å²) < 4.78 is 0. The molecule has 5 heteroatoms. The Labute approximate surface area is 87.9 Å². The van der Waals surface area contributed by atoms with E-state index in [0.717, 1.165) is 12.8 Å². The summed E-state index contributed by atoms with van der Waals surface area (Å²) >= 11 is 0. The molecule has 2 rings (SSSR count). The lowest BCUT2D eigenvalue weighted by molar-refractivity contribution is 0.0756. The Hall–Kier alpha value is -1.78. The van der Waals surface area contributed by atoms with Gasteiger partial charge in [0.15, 0.2) is 0 Å². The Morgan fingerprint density at radius 1 is 1.80 bits per heavy atom. The lowest BCUT2D eigenvalue weighted by Crippen LogP contribution is -2.33. The van der Waals surface area contributed by atoms with Crippen LogP contribution in [0.15, 0.2) is 18.7 Å². The van der Waals surface area contributed by atoms with Crippen LogP contribution in [0.1, 0.15) is 23.3 Å². The highest BCUT2D eigenvalue weighted by Gasteiger charge is 2.32. The van der Waals surface area contributed by atoms with Crippen LogP contribution in [-0.4, -0.2) is 33.6 Å². The van der Waals surface area contributed by atoms with Crippen molar-refractivity contribution in [3.63, 3.8) is 0 Å². The summed E-state index contributed by atoms with van der Waals surface area (Å²) in [4.78, 5) is 13.8. The first kappa shape index (κ1) is 9.76. The van der Waals surface area contributed by atoms with Crippen LogP contribution in [-0.2, 0) is 0 Å². The number of aromatic amines is 1. The monoisotopic (exact) mass is 206 g/mol. The van der Waals surface area contributed by atoms with Crippen molar-refractivity contribution >= 4 is 11.7 Å². The highest BCUT2D eigenvalue weighted by molar-refractivity contribution is 5.93. The topological polar surface area (TPSA) is 75.0 Å². The van der Waals surface area contributed by atoms with E-state index in [4.69, 9.17) is 5.73 Å². The molecule has 1 aromatic rings. The number of rotatable bonds is 4. The Balaban J connectivity index is 2.13. The van der Waals surface area contributed by atoms with E-state index in [1.807, 2.05) is 0 Å². The number of hydrogen-bond donors (Lipinski definition) is 2. The average molecular weight is 206 g/mol. The van der Waals surface area contributed by atoms with Gasteiger partial charge < -0.3 is 10.6 Å². The summed E-state index contributed by atoms with van der Waals surface area (Å²) in [6.07, 6.45) is 3.88. The highest BCUT2D eigenvalue weighted by atomic mass is 16.2. The van der Waals surface area contributed by atoms with Crippen LogP contribution in [0.25, 0.3) is 0 Å². The number of nitrogens with two attached hydrogens (primary N) is 1. The summed E-state index contributed by atoms with van der Waals surface area (Å²) in [5.74, 6) is 0.286. The molecule has 0 spiro atoms. The summed E-state index contributed by atoms with van der Waals surface area (Å²) in [5, 5.41) is 6.37. The molecule has 1 fully saturated rings. The molecule has 0 bridgehead atoms. The van der Waals surface area contributed by atoms with Gasteiger partial charge in [0.25, 0.3) is 5.91 Å². The number of nitrogens with one attached hydrogen (secondary N) is 1. The fraction of sp³-hybridized carbons (Fsp3) is 0.400. The summed E-state index contributed by atoms with van der Waals surface area (Å²) in [5.41, 5.74) is 5.89. The number of nitrogen functional groups attached to an aromatic ring is 1. The van der Waals surface area contributed by atoms with Crippen molar-refractivity contribution in [1.82, 2.24) is 15.1 Å². The van der Waals surface area contributed by atoms with Gasteiger partial charge in [-0.2, -0.15) is 5.10 Å². The molecule has 80 valence electrons. The minimum atomic E-state index is -0.0541. The van der Waals surface area contributed by atoms with Crippen LogP contribution in [0.5, 0.6) is 0 Å². The molecule has 0 radical (unpaired) electrons. The number of carbonyl (C=O) groups excluding carboxylic acids is 1.